The first-order chi connectivity index (χ1) is 6.16. The van der Waals surface area contributed by atoms with Crippen LogP contribution in [0.3, 0.4) is 0 Å². The molecular weight excluding hydrogens is 160 g/mol. The molecule has 0 aromatic carbocycles. The van der Waals surface area contributed by atoms with Gasteiger partial charge in [0.2, 0.25) is 0 Å². The lowest BCUT2D eigenvalue weighted by Crippen LogP contribution is -2.04. The SMILES string of the molecule is C=CN=Cc1c(C)ccn1C(C)C. The van der Waals surface area contributed by atoms with Crippen molar-refractivity contribution in [3.8, 4) is 0 Å². The molecule has 0 spiro atoms. The lowest BCUT2D eigenvalue weighted by Gasteiger charge is -2.10. The second-order valence-electron chi connectivity index (χ2n) is 3.35. The Balaban J connectivity index is 3.08. The van der Waals surface area contributed by atoms with Gasteiger partial charge in [0.25, 0.3) is 0 Å². The van der Waals surface area contributed by atoms with E-state index in [1.165, 1.54) is 5.56 Å². The minimum Gasteiger partial charge on any atom is -0.344 e. The highest BCUT2D eigenvalue weighted by Gasteiger charge is 2.04. The molecule has 70 valence electrons. The van der Waals surface area contributed by atoms with Crippen molar-refractivity contribution < 1.29 is 0 Å². The molecule has 2 heteroatoms. The van der Waals surface area contributed by atoms with Crippen molar-refractivity contribution in [1.82, 2.24) is 4.57 Å². The summed E-state index contributed by atoms with van der Waals surface area (Å²) in [5.74, 6) is 0. The second-order valence-corrected chi connectivity index (χ2v) is 3.35. The summed E-state index contributed by atoms with van der Waals surface area (Å²) >= 11 is 0. The molecule has 0 saturated heterocycles. The minimum absolute atomic E-state index is 0.472. The van der Waals surface area contributed by atoms with Crippen molar-refractivity contribution in [2.24, 2.45) is 4.99 Å². The fourth-order valence-electron chi connectivity index (χ4n) is 1.30. The normalized spacial score (nSPS) is 11.4. The van der Waals surface area contributed by atoms with Crippen molar-refractivity contribution in [1.29, 1.82) is 0 Å². The van der Waals surface area contributed by atoms with E-state index in [0.29, 0.717) is 6.04 Å². The van der Waals surface area contributed by atoms with Gasteiger partial charge in [-0.25, -0.2) is 0 Å². The summed E-state index contributed by atoms with van der Waals surface area (Å²) < 4.78 is 2.20. The van der Waals surface area contributed by atoms with Crippen LogP contribution in [0.2, 0.25) is 0 Å². The Morgan fingerprint density at radius 2 is 2.23 bits per heavy atom. The minimum atomic E-state index is 0.472. The van der Waals surface area contributed by atoms with Crippen molar-refractivity contribution in [3.63, 3.8) is 0 Å². The van der Waals surface area contributed by atoms with Gasteiger partial charge in [-0.05, 0) is 32.4 Å². The van der Waals surface area contributed by atoms with Gasteiger partial charge in [-0.3, -0.25) is 4.99 Å². The van der Waals surface area contributed by atoms with Gasteiger partial charge >= 0.3 is 0 Å². The third-order valence-corrected chi connectivity index (χ3v) is 2.03. The maximum absolute atomic E-state index is 4.04. The van der Waals surface area contributed by atoms with Crippen LogP contribution in [-0.2, 0) is 0 Å². The fourth-order valence-corrected chi connectivity index (χ4v) is 1.30. The van der Waals surface area contributed by atoms with Gasteiger partial charge < -0.3 is 4.57 Å². The van der Waals surface area contributed by atoms with Gasteiger partial charge in [-0.1, -0.05) is 6.58 Å². The molecule has 0 unspecified atom stereocenters. The number of hydrogen-bond acceptors (Lipinski definition) is 1. The number of aromatic nitrogens is 1. The van der Waals surface area contributed by atoms with E-state index in [9.17, 15) is 0 Å². The van der Waals surface area contributed by atoms with Gasteiger partial charge in [0.15, 0.2) is 0 Å². The van der Waals surface area contributed by atoms with E-state index in [1.54, 1.807) is 6.20 Å². The third-order valence-electron chi connectivity index (χ3n) is 2.03. The number of rotatable bonds is 3. The summed E-state index contributed by atoms with van der Waals surface area (Å²) in [6.07, 6.45) is 5.49. The molecule has 1 aromatic rings. The summed E-state index contributed by atoms with van der Waals surface area (Å²) in [7, 11) is 0. The van der Waals surface area contributed by atoms with Crippen LogP contribution >= 0.6 is 0 Å². The number of aryl methyl sites for hydroxylation is 1. The quantitative estimate of drug-likeness (QED) is 0.630. The number of aliphatic imine (C=N–C) groups is 1. The lowest BCUT2D eigenvalue weighted by atomic mass is 10.3. The van der Waals surface area contributed by atoms with Crippen molar-refractivity contribution in [2.75, 3.05) is 0 Å². The summed E-state index contributed by atoms with van der Waals surface area (Å²) in [5, 5.41) is 0. The molecule has 1 rings (SSSR count). The summed E-state index contributed by atoms with van der Waals surface area (Å²) in [6, 6.07) is 2.57. The highest BCUT2D eigenvalue weighted by molar-refractivity contribution is 5.80. The first kappa shape index (κ1) is 9.78. The monoisotopic (exact) mass is 176 g/mol. The summed E-state index contributed by atoms with van der Waals surface area (Å²) in [5.41, 5.74) is 2.41. The maximum Gasteiger partial charge on any atom is 0.0624 e. The Hall–Kier alpha value is -1.31. The average Bonchev–Trinajstić information content (AvgIpc) is 2.43. The molecule has 0 saturated carbocycles. The van der Waals surface area contributed by atoms with Gasteiger partial charge in [-0.15, -0.1) is 0 Å². The smallest absolute Gasteiger partial charge is 0.0624 e. The Labute approximate surface area is 79.6 Å². The zero-order valence-corrected chi connectivity index (χ0v) is 8.49. The standard InChI is InChI=1S/C11H16N2/c1-5-12-8-11-10(4)6-7-13(11)9(2)3/h5-9H,1H2,2-4H3. The molecule has 0 amide bonds. The predicted octanol–water partition coefficient (Wildman–Crippen LogP) is 2.94. The Morgan fingerprint density at radius 3 is 2.77 bits per heavy atom. The van der Waals surface area contributed by atoms with Crippen LogP contribution in [0, 0.1) is 6.92 Å². The second kappa shape index (κ2) is 4.08. The zero-order valence-electron chi connectivity index (χ0n) is 8.49. The summed E-state index contributed by atoms with van der Waals surface area (Å²) in [6.45, 7) is 9.96. The first-order valence-corrected chi connectivity index (χ1v) is 4.48. The van der Waals surface area contributed by atoms with Gasteiger partial charge in [-0.2, -0.15) is 0 Å². The average molecular weight is 176 g/mol. The van der Waals surface area contributed by atoms with Gasteiger partial charge in [0.1, 0.15) is 0 Å². The molecule has 0 bridgehead atoms. The van der Waals surface area contributed by atoms with E-state index < -0.39 is 0 Å². The maximum atomic E-state index is 4.04. The molecule has 1 aromatic heterocycles. The first-order valence-electron chi connectivity index (χ1n) is 4.48. The number of nitrogens with zero attached hydrogens (tertiary/aromatic N) is 2. The van der Waals surface area contributed by atoms with E-state index >= 15 is 0 Å². The van der Waals surface area contributed by atoms with Crippen LogP contribution in [0.15, 0.2) is 30.0 Å². The van der Waals surface area contributed by atoms with Crippen LogP contribution in [0.4, 0.5) is 0 Å². The van der Waals surface area contributed by atoms with Gasteiger partial charge in [0.05, 0.1) is 11.9 Å². The Kier molecular flexibility index (Phi) is 3.07. The van der Waals surface area contributed by atoms with Crippen LogP contribution < -0.4 is 0 Å². The third kappa shape index (κ3) is 2.08. The predicted molar refractivity (Wildman–Crippen MR) is 57.3 cm³/mol. The fraction of sp³-hybridized carbons (Fsp3) is 0.364. The van der Waals surface area contributed by atoms with Crippen LogP contribution in [-0.4, -0.2) is 10.8 Å². The molecule has 13 heavy (non-hydrogen) atoms. The molecule has 1 heterocycles. The van der Waals surface area contributed by atoms with Crippen molar-refractivity contribution in [2.45, 2.75) is 26.8 Å². The van der Waals surface area contributed by atoms with Crippen molar-refractivity contribution >= 4 is 6.21 Å². The Morgan fingerprint density at radius 1 is 1.54 bits per heavy atom. The van der Waals surface area contributed by atoms with Crippen LogP contribution in [0.25, 0.3) is 0 Å². The molecule has 0 fully saturated rings. The topological polar surface area (TPSA) is 17.3 Å². The lowest BCUT2D eigenvalue weighted by molar-refractivity contribution is 0.600. The molecule has 2 nitrogen and oxygen atoms in total. The molecule has 0 atom stereocenters. The molecule has 0 aliphatic rings. The van der Waals surface area contributed by atoms with E-state index in [2.05, 4.69) is 49.2 Å². The zero-order chi connectivity index (χ0) is 9.84. The highest BCUT2D eigenvalue weighted by atomic mass is 15.0. The molecule has 0 radical (unpaired) electrons. The molecule has 0 aliphatic carbocycles. The molecular formula is C11H16N2. The van der Waals surface area contributed by atoms with E-state index in [-0.39, 0.29) is 0 Å². The van der Waals surface area contributed by atoms with Crippen LogP contribution in [0.5, 0.6) is 0 Å². The van der Waals surface area contributed by atoms with E-state index in [0.717, 1.165) is 5.69 Å². The molecule has 0 aliphatic heterocycles. The molecule has 0 N–H and O–H groups in total. The highest BCUT2D eigenvalue weighted by Crippen LogP contribution is 2.13. The Bertz CT molecular complexity index is 319. The van der Waals surface area contributed by atoms with Gasteiger partial charge in [0, 0.05) is 18.4 Å². The van der Waals surface area contributed by atoms with E-state index in [1.807, 2.05) is 6.21 Å². The number of hydrogen-bond donors (Lipinski definition) is 0. The van der Waals surface area contributed by atoms with Crippen molar-refractivity contribution in [3.05, 3.63) is 36.3 Å². The largest absolute Gasteiger partial charge is 0.344 e. The van der Waals surface area contributed by atoms with Crippen LogP contribution in [0.1, 0.15) is 31.1 Å². The van der Waals surface area contributed by atoms with E-state index in [4.69, 9.17) is 0 Å². The summed E-state index contributed by atoms with van der Waals surface area (Å²) in [4.78, 5) is 4.04.